The van der Waals surface area contributed by atoms with Gasteiger partial charge in [0.05, 0.1) is 19.0 Å². The van der Waals surface area contributed by atoms with Crippen molar-refractivity contribution in [2.75, 3.05) is 38.6 Å². The van der Waals surface area contributed by atoms with Crippen molar-refractivity contribution in [3.8, 4) is 0 Å². The number of halogens is 2. The molecule has 88 valence electrons. The number of ether oxygens (including phenoxy) is 1. The third-order valence-electron chi connectivity index (χ3n) is 1.80. The van der Waals surface area contributed by atoms with E-state index in [1.54, 1.807) is 0 Å². The van der Waals surface area contributed by atoms with Gasteiger partial charge in [-0.05, 0) is 0 Å². The van der Waals surface area contributed by atoms with E-state index in [1.807, 2.05) is 4.90 Å². The summed E-state index contributed by atoms with van der Waals surface area (Å²) in [5.74, 6) is 0.0347. The fourth-order valence-electron chi connectivity index (χ4n) is 1.08. The van der Waals surface area contributed by atoms with Gasteiger partial charge in [-0.1, -0.05) is 0 Å². The first-order valence-corrected chi connectivity index (χ1v) is 5.60. The standard InChI is InChI=1S/C6H14N2O3S.2ClH/c7-12(9,10)6-3-8-1-4-11-5-2-8;;/h1-6H2,(H2,7,9,10);2*1H. The van der Waals surface area contributed by atoms with Gasteiger partial charge < -0.3 is 4.74 Å². The quantitative estimate of drug-likeness (QED) is 0.744. The molecule has 0 saturated carbocycles. The number of sulfonamides is 1. The van der Waals surface area contributed by atoms with E-state index < -0.39 is 10.0 Å². The molecule has 1 fully saturated rings. The molecule has 0 amide bonds. The van der Waals surface area contributed by atoms with E-state index in [0.29, 0.717) is 19.8 Å². The van der Waals surface area contributed by atoms with Gasteiger partial charge in [0.1, 0.15) is 0 Å². The maximum Gasteiger partial charge on any atom is 0.210 e. The van der Waals surface area contributed by atoms with E-state index in [1.165, 1.54) is 0 Å². The molecular formula is C6H16Cl2N2O3S. The molecular weight excluding hydrogens is 251 g/mol. The second-order valence-corrected chi connectivity index (χ2v) is 4.55. The molecule has 0 unspecified atom stereocenters. The lowest BCUT2D eigenvalue weighted by Gasteiger charge is -2.25. The van der Waals surface area contributed by atoms with E-state index in [4.69, 9.17) is 9.88 Å². The maximum atomic E-state index is 10.6. The summed E-state index contributed by atoms with van der Waals surface area (Å²) < 4.78 is 26.3. The minimum atomic E-state index is -3.31. The lowest BCUT2D eigenvalue weighted by Crippen LogP contribution is -2.39. The Labute approximate surface area is 96.8 Å². The largest absolute Gasteiger partial charge is 0.379 e. The summed E-state index contributed by atoms with van der Waals surface area (Å²) in [6.45, 7) is 3.49. The number of hydrogen-bond donors (Lipinski definition) is 1. The van der Waals surface area contributed by atoms with Crippen molar-refractivity contribution in [3.63, 3.8) is 0 Å². The molecule has 1 aliphatic heterocycles. The zero-order chi connectivity index (χ0) is 9.03. The Bertz CT molecular complexity index is 229. The van der Waals surface area contributed by atoms with Crippen molar-refractivity contribution < 1.29 is 13.2 Å². The topological polar surface area (TPSA) is 72.6 Å². The molecule has 8 heteroatoms. The van der Waals surface area contributed by atoms with Crippen molar-refractivity contribution >= 4 is 34.8 Å². The molecule has 1 heterocycles. The number of rotatable bonds is 3. The van der Waals surface area contributed by atoms with Gasteiger partial charge in [-0.3, -0.25) is 4.90 Å². The van der Waals surface area contributed by atoms with Crippen LogP contribution in [0.2, 0.25) is 0 Å². The van der Waals surface area contributed by atoms with Crippen LogP contribution in [-0.2, 0) is 14.8 Å². The SMILES string of the molecule is Cl.Cl.NS(=O)(=O)CCN1CCOCC1. The van der Waals surface area contributed by atoms with Crippen LogP contribution < -0.4 is 5.14 Å². The van der Waals surface area contributed by atoms with Crippen molar-refractivity contribution in [1.82, 2.24) is 4.90 Å². The van der Waals surface area contributed by atoms with Crippen LogP contribution in [0.4, 0.5) is 0 Å². The minimum Gasteiger partial charge on any atom is -0.379 e. The number of nitrogens with zero attached hydrogens (tertiary/aromatic N) is 1. The zero-order valence-corrected chi connectivity index (χ0v) is 10.2. The second kappa shape index (κ2) is 7.67. The average molecular weight is 267 g/mol. The predicted molar refractivity (Wildman–Crippen MR) is 59.7 cm³/mol. The highest BCUT2D eigenvalue weighted by Gasteiger charge is 2.12. The van der Waals surface area contributed by atoms with Crippen molar-refractivity contribution in [3.05, 3.63) is 0 Å². The molecule has 0 radical (unpaired) electrons. The number of primary sulfonamides is 1. The Morgan fingerprint density at radius 2 is 1.71 bits per heavy atom. The van der Waals surface area contributed by atoms with Gasteiger partial charge in [0.25, 0.3) is 0 Å². The normalized spacial score (nSPS) is 18.1. The Kier molecular flexibility index (Phi) is 9.22. The fourth-order valence-corrected chi connectivity index (χ4v) is 1.59. The van der Waals surface area contributed by atoms with Gasteiger partial charge in [0, 0.05) is 19.6 Å². The fraction of sp³-hybridized carbons (Fsp3) is 1.00. The first-order chi connectivity index (χ1) is 5.58. The van der Waals surface area contributed by atoms with Crippen LogP contribution >= 0.6 is 24.8 Å². The highest BCUT2D eigenvalue weighted by atomic mass is 35.5. The Morgan fingerprint density at radius 3 is 2.14 bits per heavy atom. The Balaban J connectivity index is 0. The van der Waals surface area contributed by atoms with E-state index in [0.717, 1.165) is 13.1 Å². The molecule has 1 rings (SSSR count). The van der Waals surface area contributed by atoms with Crippen LogP contribution in [0.1, 0.15) is 0 Å². The van der Waals surface area contributed by atoms with Crippen LogP contribution in [0.5, 0.6) is 0 Å². The molecule has 0 atom stereocenters. The van der Waals surface area contributed by atoms with E-state index in [-0.39, 0.29) is 30.6 Å². The van der Waals surface area contributed by atoms with Gasteiger partial charge in [-0.2, -0.15) is 0 Å². The first-order valence-electron chi connectivity index (χ1n) is 3.88. The maximum absolute atomic E-state index is 10.6. The number of hydrogen-bond acceptors (Lipinski definition) is 4. The van der Waals surface area contributed by atoms with Gasteiger partial charge in [-0.25, -0.2) is 13.6 Å². The molecule has 1 aliphatic rings. The molecule has 2 N–H and O–H groups in total. The van der Waals surface area contributed by atoms with Crippen LogP contribution in [0.3, 0.4) is 0 Å². The monoisotopic (exact) mass is 266 g/mol. The molecule has 0 aromatic heterocycles. The predicted octanol–water partition coefficient (Wildman–Crippen LogP) is -0.549. The third kappa shape index (κ3) is 7.78. The summed E-state index contributed by atoms with van der Waals surface area (Å²) in [6.07, 6.45) is 0. The molecule has 0 spiro atoms. The molecule has 14 heavy (non-hydrogen) atoms. The molecule has 5 nitrogen and oxygen atoms in total. The van der Waals surface area contributed by atoms with Crippen molar-refractivity contribution in [1.29, 1.82) is 0 Å². The number of nitrogens with two attached hydrogens (primary N) is 1. The van der Waals surface area contributed by atoms with Gasteiger partial charge in [0.15, 0.2) is 0 Å². The third-order valence-corrected chi connectivity index (χ3v) is 2.55. The summed E-state index contributed by atoms with van der Waals surface area (Å²) in [5, 5.41) is 4.87. The van der Waals surface area contributed by atoms with Crippen LogP contribution in [0.25, 0.3) is 0 Å². The molecule has 0 aromatic carbocycles. The van der Waals surface area contributed by atoms with Gasteiger partial charge in [0.2, 0.25) is 10.0 Å². The van der Waals surface area contributed by atoms with Crippen molar-refractivity contribution in [2.45, 2.75) is 0 Å². The smallest absolute Gasteiger partial charge is 0.210 e. The summed E-state index contributed by atoms with van der Waals surface area (Å²) in [6, 6.07) is 0. The van der Waals surface area contributed by atoms with E-state index in [2.05, 4.69) is 0 Å². The molecule has 1 saturated heterocycles. The average Bonchev–Trinajstić information content (AvgIpc) is 2.02. The highest BCUT2D eigenvalue weighted by molar-refractivity contribution is 7.89. The molecule has 0 aliphatic carbocycles. The van der Waals surface area contributed by atoms with Crippen molar-refractivity contribution in [2.24, 2.45) is 5.14 Å². The molecule has 0 aromatic rings. The van der Waals surface area contributed by atoms with Gasteiger partial charge in [-0.15, -0.1) is 24.8 Å². The van der Waals surface area contributed by atoms with Gasteiger partial charge >= 0.3 is 0 Å². The summed E-state index contributed by atoms with van der Waals surface area (Å²) in [7, 11) is -3.31. The Hall–Kier alpha value is 0.410. The van der Waals surface area contributed by atoms with E-state index in [9.17, 15) is 8.42 Å². The Morgan fingerprint density at radius 1 is 1.21 bits per heavy atom. The summed E-state index contributed by atoms with van der Waals surface area (Å²) >= 11 is 0. The number of morpholine rings is 1. The molecule has 0 bridgehead atoms. The van der Waals surface area contributed by atoms with Crippen LogP contribution in [-0.4, -0.2) is 51.9 Å². The van der Waals surface area contributed by atoms with Crippen LogP contribution in [0, 0.1) is 0 Å². The summed E-state index contributed by atoms with van der Waals surface area (Å²) in [5.41, 5.74) is 0. The lowest BCUT2D eigenvalue weighted by molar-refractivity contribution is 0.0408. The van der Waals surface area contributed by atoms with E-state index >= 15 is 0 Å². The van der Waals surface area contributed by atoms with Crippen LogP contribution in [0.15, 0.2) is 0 Å². The highest BCUT2D eigenvalue weighted by Crippen LogP contribution is 1.96. The first kappa shape index (κ1) is 16.8. The zero-order valence-electron chi connectivity index (χ0n) is 7.72. The second-order valence-electron chi connectivity index (χ2n) is 2.82. The summed E-state index contributed by atoms with van der Waals surface area (Å²) in [4.78, 5) is 2.04. The lowest BCUT2D eigenvalue weighted by atomic mass is 10.4. The minimum absolute atomic E-state index is 0.